The number of unbranched alkanes of at least 4 members (excludes halogenated alkanes) is 1. The number of aliphatic hydroxyl groups excluding tert-OH is 1. The van der Waals surface area contributed by atoms with E-state index in [-0.39, 0.29) is 12.5 Å². The van der Waals surface area contributed by atoms with Crippen LogP contribution in [0.25, 0.3) is 0 Å². The summed E-state index contributed by atoms with van der Waals surface area (Å²) in [6, 6.07) is 10.0. The topological polar surface area (TPSA) is 65.9 Å². The highest BCUT2D eigenvalue weighted by Gasteiger charge is 2.09. The van der Waals surface area contributed by atoms with Crippen molar-refractivity contribution in [2.24, 2.45) is 4.99 Å². The molecule has 5 nitrogen and oxygen atoms in total. The molecule has 0 aliphatic carbocycles. The molecular formula is C18H31N3O2. The van der Waals surface area contributed by atoms with Crippen LogP contribution in [0.3, 0.4) is 0 Å². The lowest BCUT2D eigenvalue weighted by Gasteiger charge is -2.15. The maximum Gasteiger partial charge on any atom is 0.191 e. The van der Waals surface area contributed by atoms with Gasteiger partial charge in [0.1, 0.15) is 0 Å². The number of aliphatic hydroxyl groups is 1. The third-order valence-electron chi connectivity index (χ3n) is 3.52. The van der Waals surface area contributed by atoms with Gasteiger partial charge in [0.05, 0.1) is 13.2 Å². The van der Waals surface area contributed by atoms with Crippen LogP contribution in [0, 0.1) is 0 Å². The van der Waals surface area contributed by atoms with Crippen LogP contribution in [0.5, 0.6) is 0 Å². The van der Waals surface area contributed by atoms with Gasteiger partial charge in [0.2, 0.25) is 0 Å². The second-order valence-electron chi connectivity index (χ2n) is 5.34. The number of nitrogens with zero attached hydrogens (tertiary/aromatic N) is 1. The molecule has 130 valence electrons. The monoisotopic (exact) mass is 321 g/mol. The summed E-state index contributed by atoms with van der Waals surface area (Å²) in [4.78, 5) is 4.60. The predicted octanol–water partition coefficient (Wildman–Crippen LogP) is 2.13. The lowest BCUT2D eigenvalue weighted by Crippen LogP contribution is -2.38. The van der Waals surface area contributed by atoms with Gasteiger partial charge in [0, 0.05) is 32.2 Å². The van der Waals surface area contributed by atoms with Gasteiger partial charge < -0.3 is 20.5 Å². The van der Waals surface area contributed by atoms with Crippen molar-refractivity contribution in [1.82, 2.24) is 10.6 Å². The fourth-order valence-electron chi connectivity index (χ4n) is 2.22. The van der Waals surface area contributed by atoms with Gasteiger partial charge in [-0.3, -0.25) is 4.99 Å². The Morgan fingerprint density at radius 3 is 2.61 bits per heavy atom. The molecule has 1 aromatic carbocycles. The number of nitrogens with one attached hydrogen (secondary N) is 2. The molecule has 0 saturated heterocycles. The van der Waals surface area contributed by atoms with Crippen LogP contribution in [-0.4, -0.2) is 50.5 Å². The average Bonchev–Trinajstić information content (AvgIpc) is 2.59. The van der Waals surface area contributed by atoms with E-state index < -0.39 is 0 Å². The first-order valence-corrected chi connectivity index (χ1v) is 8.57. The third-order valence-corrected chi connectivity index (χ3v) is 3.52. The highest BCUT2D eigenvalue weighted by atomic mass is 16.5. The number of ether oxygens (including phenoxy) is 1. The van der Waals surface area contributed by atoms with Crippen molar-refractivity contribution in [2.75, 3.05) is 39.5 Å². The molecular weight excluding hydrogens is 290 g/mol. The third kappa shape index (κ3) is 8.57. The zero-order valence-electron chi connectivity index (χ0n) is 14.4. The van der Waals surface area contributed by atoms with Crippen LogP contribution < -0.4 is 10.6 Å². The van der Waals surface area contributed by atoms with Crippen LogP contribution in [-0.2, 0) is 4.74 Å². The molecule has 0 radical (unpaired) electrons. The Bertz CT molecular complexity index is 424. The highest BCUT2D eigenvalue weighted by Crippen LogP contribution is 2.14. The SMILES string of the molecule is CCNC(=NCC(CO)c1ccccc1)NCCCCOCC. The fourth-order valence-corrected chi connectivity index (χ4v) is 2.22. The zero-order valence-corrected chi connectivity index (χ0v) is 14.4. The molecule has 0 heterocycles. The Morgan fingerprint density at radius 2 is 1.96 bits per heavy atom. The van der Waals surface area contributed by atoms with Gasteiger partial charge in [-0.2, -0.15) is 0 Å². The van der Waals surface area contributed by atoms with Gasteiger partial charge in [0.15, 0.2) is 5.96 Å². The summed E-state index contributed by atoms with van der Waals surface area (Å²) in [6.45, 7) is 8.00. The van der Waals surface area contributed by atoms with Crippen molar-refractivity contribution in [1.29, 1.82) is 0 Å². The van der Waals surface area contributed by atoms with E-state index in [1.165, 1.54) is 0 Å². The van der Waals surface area contributed by atoms with Crippen molar-refractivity contribution >= 4 is 5.96 Å². The van der Waals surface area contributed by atoms with Crippen molar-refractivity contribution in [3.63, 3.8) is 0 Å². The zero-order chi connectivity index (χ0) is 16.8. The normalized spacial score (nSPS) is 12.9. The molecule has 23 heavy (non-hydrogen) atoms. The van der Waals surface area contributed by atoms with Gasteiger partial charge in [-0.1, -0.05) is 30.3 Å². The summed E-state index contributed by atoms with van der Waals surface area (Å²) in [5, 5.41) is 16.2. The maximum absolute atomic E-state index is 9.59. The minimum Gasteiger partial charge on any atom is -0.396 e. The molecule has 0 aliphatic heterocycles. The van der Waals surface area contributed by atoms with E-state index in [0.29, 0.717) is 6.54 Å². The molecule has 0 bridgehead atoms. The summed E-state index contributed by atoms with van der Waals surface area (Å²) < 4.78 is 5.33. The Morgan fingerprint density at radius 1 is 1.17 bits per heavy atom. The van der Waals surface area contributed by atoms with Gasteiger partial charge in [0.25, 0.3) is 0 Å². The Hall–Kier alpha value is -1.59. The van der Waals surface area contributed by atoms with Crippen LogP contribution in [0.1, 0.15) is 38.2 Å². The average molecular weight is 321 g/mol. The first-order valence-electron chi connectivity index (χ1n) is 8.57. The van der Waals surface area contributed by atoms with E-state index in [4.69, 9.17) is 4.74 Å². The Kier molecular flexibility index (Phi) is 10.9. The Labute approximate surface area is 140 Å². The molecule has 0 saturated carbocycles. The maximum atomic E-state index is 9.59. The summed E-state index contributed by atoms with van der Waals surface area (Å²) in [6.07, 6.45) is 2.09. The molecule has 3 N–H and O–H groups in total. The first-order chi connectivity index (χ1) is 11.3. The molecule has 1 unspecified atom stereocenters. The summed E-state index contributed by atoms with van der Waals surface area (Å²) in [7, 11) is 0. The number of rotatable bonds is 11. The molecule has 0 spiro atoms. The van der Waals surface area contributed by atoms with Gasteiger partial charge in [-0.25, -0.2) is 0 Å². The Balaban J connectivity index is 2.43. The molecule has 5 heteroatoms. The first kappa shape index (κ1) is 19.5. The molecule has 1 atom stereocenters. The number of aliphatic imine (C=N–C) groups is 1. The lowest BCUT2D eigenvalue weighted by atomic mass is 10.0. The standard InChI is InChI=1S/C18H31N3O2/c1-3-19-18(20-12-8-9-13-23-4-2)21-14-17(15-22)16-10-6-5-7-11-16/h5-7,10-11,17,22H,3-4,8-9,12-15H2,1-2H3,(H2,19,20,21). The highest BCUT2D eigenvalue weighted by molar-refractivity contribution is 5.79. The lowest BCUT2D eigenvalue weighted by molar-refractivity contribution is 0.143. The van der Waals surface area contributed by atoms with Crippen LogP contribution in [0.2, 0.25) is 0 Å². The molecule has 1 aromatic rings. The van der Waals surface area contributed by atoms with E-state index in [2.05, 4.69) is 15.6 Å². The van der Waals surface area contributed by atoms with Crippen LogP contribution >= 0.6 is 0 Å². The predicted molar refractivity (Wildman–Crippen MR) is 96.0 cm³/mol. The van der Waals surface area contributed by atoms with Crippen molar-refractivity contribution in [2.45, 2.75) is 32.6 Å². The molecule has 0 fully saturated rings. The second-order valence-corrected chi connectivity index (χ2v) is 5.34. The minimum absolute atomic E-state index is 0.0320. The molecule has 0 aromatic heterocycles. The largest absolute Gasteiger partial charge is 0.396 e. The van der Waals surface area contributed by atoms with Crippen LogP contribution in [0.15, 0.2) is 35.3 Å². The second kappa shape index (κ2) is 12.9. The van der Waals surface area contributed by atoms with Crippen LogP contribution in [0.4, 0.5) is 0 Å². The fraction of sp³-hybridized carbons (Fsp3) is 0.611. The number of hydrogen-bond acceptors (Lipinski definition) is 3. The number of guanidine groups is 1. The smallest absolute Gasteiger partial charge is 0.191 e. The van der Waals surface area contributed by atoms with Crippen molar-refractivity contribution < 1.29 is 9.84 Å². The number of hydrogen-bond donors (Lipinski definition) is 3. The quantitative estimate of drug-likeness (QED) is 0.332. The van der Waals surface area contributed by atoms with E-state index in [0.717, 1.165) is 50.7 Å². The van der Waals surface area contributed by atoms with E-state index in [1.54, 1.807) is 0 Å². The van der Waals surface area contributed by atoms with Crippen molar-refractivity contribution in [3.05, 3.63) is 35.9 Å². The summed E-state index contributed by atoms with van der Waals surface area (Å²) >= 11 is 0. The van der Waals surface area contributed by atoms with E-state index in [1.807, 2.05) is 44.2 Å². The molecule has 1 rings (SSSR count). The number of benzene rings is 1. The van der Waals surface area contributed by atoms with E-state index >= 15 is 0 Å². The summed E-state index contributed by atoms with van der Waals surface area (Å²) in [5.74, 6) is 0.836. The van der Waals surface area contributed by atoms with Crippen molar-refractivity contribution in [3.8, 4) is 0 Å². The van der Waals surface area contributed by atoms with Gasteiger partial charge >= 0.3 is 0 Å². The van der Waals surface area contributed by atoms with E-state index in [9.17, 15) is 5.11 Å². The molecule has 0 amide bonds. The minimum atomic E-state index is 0.0320. The molecule has 0 aliphatic rings. The van der Waals surface area contributed by atoms with Gasteiger partial charge in [-0.15, -0.1) is 0 Å². The summed E-state index contributed by atoms with van der Waals surface area (Å²) in [5.41, 5.74) is 1.12. The van der Waals surface area contributed by atoms with Gasteiger partial charge in [-0.05, 0) is 32.3 Å².